The Balaban J connectivity index is 1.58. The van der Waals surface area contributed by atoms with Gasteiger partial charge in [0.25, 0.3) is 0 Å². The van der Waals surface area contributed by atoms with E-state index >= 15 is 0 Å². The first-order valence-electron chi connectivity index (χ1n) is 8.56. The molecule has 6 heteroatoms. The SMILES string of the molecule is CN1C[C@H]2CNC[C@@]2(C(=O)N(C)Cc2nc3ccccc3n2C)C1. The molecule has 0 saturated carbocycles. The van der Waals surface area contributed by atoms with E-state index in [0.717, 1.165) is 43.0 Å². The Labute approximate surface area is 142 Å². The molecule has 2 aliphatic heterocycles. The summed E-state index contributed by atoms with van der Waals surface area (Å²) in [7, 11) is 6.04. The summed E-state index contributed by atoms with van der Waals surface area (Å²) in [4.78, 5) is 22.1. The van der Waals surface area contributed by atoms with Gasteiger partial charge < -0.3 is 19.7 Å². The fourth-order valence-electron chi connectivity index (χ4n) is 4.47. The standard InChI is InChI=1S/C18H25N5O/c1-21-9-13-8-19-11-18(13,12-21)17(24)22(2)10-16-20-14-6-4-5-7-15(14)23(16)3/h4-7,13,19H,8-12H2,1-3H3/t13-,18-/m1/s1. The molecule has 0 aliphatic carbocycles. The minimum atomic E-state index is -0.270. The van der Waals surface area contributed by atoms with Crippen molar-refractivity contribution in [1.29, 1.82) is 0 Å². The van der Waals surface area contributed by atoms with Crippen LogP contribution >= 0.6 is 0 Å². The van der Waals surface area contributed by atoms with Crippen molar-refractivity contribution in [3.63, 3.8) is 0 Å². The van der Waals surface area contributed by atoms with Gasteiger partial charge >= 0.3 is 0 Å². The van der Waals surface area contributed by atoms with Crippen molar-refractivity contribution >= 4 is 16.9 Å². The average molecular weight is 327 g/mol. The van der Waals surface area contributed by atoms with Gasteiger partial charge in [0.2, 0.25) is 5.91 Å². The maximum Gasteiger partial charge on any atom is 0.231 e. The monoisotopic (exact) mass is 327 g/mol. The lowest BCUT2D eigenvalue weighted by atomic mass is 9.79. The van der Waals surface area contributed by atoms with Crippen molar-refractivity contribution < 1.29 is 4.79 Å². The number of rotatable bonds is 3. The summed E-state index contributed by atoms with van der Waals surface area (Å²) in [5.41, 5.74) is 1.82. The van der Waals surface area contributed by atoms with Gasteiger partial charge in [-0.3, -0.25) is 4.79 Å². The molecule has 1 aromatic heterocycles. The third-order valence-electron chi connectivity index (χ3n) is 5.73. The van der Waals surface area contributed by atoms with Crippen LogP contribution in [0, 0.1) is 11.3 Å². The highest BCUT2D eigenvalue weighted by atomic mass is 16.2. The van der Waals surface area contributed by atoms with E-state index in [1.165, 1.54) is 0 Å². The van der Waals surface area contributed by atoms with Crippen LogP contribution in [0.1, 0.15) is 5.82 Å². The highest BCUT2D eigenvalue weighted by molar-refractivity contribution is 5.84. The molecule has 1 N–H and O–H groups in total. The number of fused-ring (bicyclic) bond motifs is 2. The van der Waals surface area contributed by atoms with Gasteiger partial charge in [-0.1, -0.05) is 12.1 Å². The van der Waals surface area contributed by atoms with Gasteiger partial charge in [-0.05, 0) is 19.2 Å². The molecule has 24 heavy (non-hydrogen) atoms. The Kier molecular flexibility index (Phi) is 3.62. The number of aromatic nitrogens is 2. The molecule has 2 atom stereocenters. The van der Waals surface area contributed by atoms with Crippen LogP contribution in [0.3, 0.4) is 0 Å². The number of amides is 1. The van der Waals surface area contributed by atoms with Crippen LogP contribution in [0.5, 0.6) is 0 Å². The average Bonchev–Trinajstić information content (AvgIpc) is 3.18. The highest BCUT2D eigenvalue weighted by Crippen LogP contribution is 2.40. The first-order chi connectivity index (χ1) is 11.5. The molecular weight excluding hydrogens is 302 g/mol. The molecule has 2 fully saturated rings. The summed E-state index contributed by atoms with van der Waals surface area (Å²) in [6.07, 6.45) is 0. The van der Waals surface area contributed by atoms with Gasteiger partial charge in [0.05, 0.1) is 23.0 Å². The van der Waals surface area contributed by atoms with E-state index in [2.05, 4.69) is 27.9 Å². The van der Waals surface area contributed by atoms with Gasteiger partial charge in [-0.2, -0.15) is 0 Å². The lowest BCUT2D eigenvalue weighted by Gasteiger charge is -2.31. The predicted molar refractivity (Wildman–Crippen MR) is 93.5 cm³/mol. The van der Waals surface area contributed by atoms with E-state index in [-0.39, 0.29) is 11.3 Å². The van der Waals surface area contributed by atoms with Gasteiger partial charge in [0, 0.05) is 46.2 Å². The summed E-state index contributed by atoms with van der Waals surface area (Å²) in [5.74, 6) is 1.59. The second kappa shape index (κ2) is 5.57. The Morgan fingerprint density at radius 3 is 3.00 bits per heavy atom. The van der Waals surface area contributed by atoms with Crippen molar-refractivity contribution in [1.82, 2.24) is 24.7 Å². The number of nitrogens with zero attached hydrogens (tertiary/aromatic N) is 4. The molecule has 1 amide bonds. The number of imidazole rings is 1. The molecule has 128 valence electrons. The van der Waals surface area contributed by atoms with E-state index in [1.807, 2.05) is 37.2 Å². The van der Waals surface area contributed by atoms with Gasteiger partial charge in [0.1, 0.15) is 5.82 Å². The van der Waals surface area contributed by atoms with Crippen LogP contribution in [0.4, 0.5) is 0 Å². The summed E-state index contributed by atoms with van der Waals surface area (Å²) >= 11 is 0. The Bertz CT molecular complexity index is 785. The molecule has 0 unspecified atom stereocenters. The van der Waals surface area contributed by atoms with Crippen LogP contribution in [0.25, 0.3) is 11.0 Å². The first-order valence-corrected chi connectivity index (χ1v) is 8.56. The molecule has 6 nitrogen and oxygen atoms in total. The van der Waals surface area contributed by atoms with E-state index in [0.29, 0.717) is 12.5 Å². The molecular formula is C18H25N5O. The molecule has 0 bridgehead atoms. The van der Waals surface area contributed by atoms with Gasteiger partial charge in [0.15, 0.2) is 0 Å². The fraction of sp³-hybridized carbons (Fsp3) is 0.556. The van der Waals surface area contributed by atoms with Crippen LogP contribution < -0.4 is 5.32 Å². The molecule has 2 saturated heterocycles. The number of benzene rings is 1. The first kappa shape index (κ1) is 15.6. The summed E-state index contributed by atoms with van der Waals surface area (Å²) in [6.45, 7) is 4.11. The maximum absolute atomic E-state index is 13.2. The van der Waals surface area contributed by atoms with Crippen molar-refractivity contribution in [2.45, 2.75) is 6.54 Å². The van der Waals surface area contributed by atoms with Crippen molar-refractivity contribution in [3.05, 3.63) is 30.1 Å². The summed E-state index contributed by atoms with van der Waals surface area (Å²) in [5, 5.41) is 3.42. The molecule has 2 aliphatic rings. The second-order valence-corrected chi connectivity index (χ2v) is 7.42. The van der Waals surface area contributed by atoms with Crippen LogP contribution in [0.2, 0.25) is 0 Å². The number of likely N-dealkylation sites (tertiary alicyclic amines) is 1. The largest absolute Gasteiger partial charge is 0.338 e. The number of hydrogen-bond donors (Lipinski definition) is 1. The number of nitrogens with one attached hydrogen (secondary N) is 1. The number of para-hydroxylation sites is 2. The van der Waals surface area contributed by atoms with E-state index in [1.54, 1.807) is 0 Å². The van der Waals surface area contributed by atoms with Crippen molar-refractivity contribution in [2.24, 2.45) is 18.4 Å². The van der Waals surface area contributed by atoms with Crippen molar-refractivity contribution in [2.75, 3.05) is 40.3 Å². The Hall–Kier alpha value is -1.92. The third kappa shape index (κ3) is 2.24. The normalized spacial score (nSPS) is 26.9. The topological polar surface area (TPSA) is 53.4 Å². The second-order valence-electron chi connectivity index (χ2n) is 7.42. The van der Waals surface area contributed by atoms with Gasteiger partial charge in [-0.25, -0.2) is 4.98 Å². The minimum Gasteiger partial charge on any atom is -0.338 e. The quantitative estimate of drug-likeness (QED) is 0.901. The summed E-state index contributed by atoms with van der Waals surface area (Å²) in [6, 6.07) is 8.10. The Morgan fingerprint density at radius 2 is 2.21 bits per heavy atom. The van der Waals surface area contributed by atoms with Crippen LogP contribution in [-0.2, 0) is 18.4 Å². The molecule has 3 heterocycles. The van der Waals surface area contributed by atoms with Crippen LogP contribution in [0.15, 0.2) is 24.3 Å². The highest BCUT2D eigenvalue weighted by Gasteiger charge is 2.54. The number of aryl methyl sites for hydroxylation is 1. The molecule has 0 spiro atoms. The number of carbonyl (C=O) groups excluding carboxylic acids is 1. The van der Waals surface area contributed by atoms with Crippen molar-refractivity contribution in [3.8, 4) is 0 Å². The maximum atomic E-state index is 13.2. The lowest BCUT2D eigenvalue weighted by Crippen LogP contribution is -2.47. The third-order valence-corrected chi connectivity index (χ3v) is 5.73. The lowest BCUT2D eigenvalue weighted by molar-refractivity contribution is -0.141. The zero-order valence-corrected chi connectivity index (χ0v) is 14.6. The fourth-order valence-corrected chi connectivity index (χ4v) is 4.47. The zero-order chi connectivity index (χ0) is 16.9. The van der Waals surface area contributed by atoms with E-state index in [9.17, 15) is 4.79 Å². The van der Waals surface area contributed by atoms with E-state index < -0.39 is 0 Å². The number of carbonyl (C=O) groups is 1. The number of hydrogen-bond acceptors (Lipinski definition) is 4. The van der Waals surface area contributed by atoms with Crippen LogP contribution in [-0.4, -0.2) is 65.5 Å². The molecule has 0 radical (unpaired) electrons. The molecule has 1 aromatic carbocycles. The smallest absolute Gasteiger partial charge is 0.231 e. The molecule has 2 aromatic rings. The summed E-state index contributed by atoms with van der Waals surface area (Å²) < 4.78 is 2.09. The van der Waals surface area contributed by atoms with E-state index in [4.69, 9.17) is 4.98 Å². The molecule has 4 rings (SSSR count). The minimum absolute atomic E-state index is 0.244. The zero-order valence-electron chi connectivity index (χ0n) is 14.6. The predicted octanol–water partition coefficient (Wildman–Crippen LogP) is 0.683. The Morgan fingerprint density at radius 1 is 1.42 bits per heavy atom. The van der Waals surface area contributed by atoms with Gasteiger partial charge in [-0.15, -0.1) is 0 Å².